The summed E-state index contributed by atoms with van der Waals surface area (Å²) >= 11 is 0. The fourth-order valence-electron chi connectivity index (χ4n) is 14.2. The van der Waals surface area contributed by atoms with Crippen LogP contribution in [0.25, 0.3) is 0 Å². The summed E-state index contributed by atoms with van der Waals surface area (Å²) in [6.45, 7) is 26.2. The van der Waals surface area contributed by atoms with E-state index >= 15 is 0 Å². The van der Waals surface area contributed by atoms with Gasteiger partial charge in [-0.2, -0.15) is 0 Å². The number of ether oxygens (including phenoxy) is 1. The first-order chi connectivity index (χ1) is 28.5. The van der Waals surface area contributed by atoms with E-state index in [0.29, 0.717) is 50.7 Å². The molecule has 3 saturated carbocycles. The van der Waals surface area contributed by atoms with Crippen LogP contribution in [0.15, 0.2) is 23.8 Å². The lowest BCUT2D eigenvalue weighted by atomic mass is 9.47. The molecule has 1 amide bonds. The van der Waals surface area contributed by atoms with E-state index in [1.54, 1.807) is 19.1 Å². The quantitative estimate of drug-likeness (QED) is 0.110. The molecule has 4 aliphatic carbocycles. The lowest BCUT2D eigenvalue weighted by Crippen LogP contribution is -2.59. The summed E-state index contributed by atoms with van der Waals surface area (Å²) in [7, 11) is 0. The number of carbonyl (C=O) groups excluding carboxylic acids is 3. The van der Waals surface area contributed by atoms with Crippen molar-refractivity contribution in [2.45, 2.75) is 189 Å². The molecule has 0 bridgehead atoms. The van der Waals surface area contributed by atoms with Crippen LogP contribution in [0.4, 0.5) is 0 Å². The normalized spacial score (nSPS) is 46.3. The summed E-state index contributed by atoms with van der Waals surface area (Å²) in [6, 6.07) is -0.442. The number of unbranched alkanes of at least 4 members (excludes halogenated alkanes) is 3. The first kappa shape index (κ1) is 49.9. The molecule has 0 aromatic carbocycles. The molecule has 9 unspecified atom stereocenters. The van der Waals surface area contributed by atoms with Gasteiger partial charge in [0.05, 0.1) is 17.6 Å². The predicted molar refractivity (Wildman–Crippen MR) is 241 cm³/mol. The predicted octanol–water partition coefficient (Wildman–Crippen LogP) is 7.65. The molecule has 0 aromatic rings. The van der Waals surface area contributed by atoms with Crippen molar-refractivity contribution in [3.8, 4) is 0 Å². The fraction of sp³-hybridized carbons (Fsp3) is 0.863. The average Bonchev–Trinajstić information content (AvgIpc) is 3.46. The van der Waals surface area contributed by atoms with Gasteiger partial charge in [0.15, 0.2) is 5.78 Å². The standard InChI is InChI=1S/C51H86N2O8/c1-13-38-32(5)34(7)50(11,59)27-30(3)29-53(35(8)45(56)51(12,60)42(14-2)61-47(58)33(38)6)24-18-16-15-17-23-52-46(57)43-31(4)25-40-39-20-19-36-26-37(54)21-22-48(36,9)44(39)41(55)28-49(40,43)10/h21-22,26,30-35,38-45,55-56,59-60H,13-20,23-25,27-29H2,1-12H3,(H,52,57)/t30-,31-,32-,33-,34-,35?,38+,39?,40?,41?,42-,43?,44?,45?,48?,49?,50-,51-/m1/s1. The second-order valence-corrected chi connectivity index (χ2v) is 22.1. The number of nitrogens with zero attached hydrogens (tertiary/aromatic N) is 1. The number of rotatable bonds is 10. The van der Waals surface area contributed by atoms with Crippen molar-refractivity contribution >= 4 is 17.7 Å². The Bertz CT molecular complexity index is 1610. The molecular formula is C51H86N2O8. The lowest BCUT2D eigenvalue weighted by Gasteiger charge is -2.58. The highest BCUT2D eigenvalue weighted by Crippen LogP contribution is 2.67. The molecule has 1 aliphatic heterocycles. The number of fused-ring (bicyclic) bond motifs is 5. The summed E-state index contributed by atoms with van der Waals surface area (Å²) in [5.74, 6) is 0.200. The van der Waals surface area contributed by atoms with Gasteiger partial charge in [0.1, 0.15) is 17.8 Å². The van der Waals surface area contributed by atoms with Crippen molar-refractivity contribution in [1.29, 1.82) is 0 Å². The number of ketones is 1. The highest BCUT2D eigenvalue weighted by atomic mass is 16.6. The van der Waals surface area contributed by atoms with Gasteiger partial charge in [0, 0.05) is 36.4 Å². The summed E-state index contributed by atoms with van der Waals surface area (Å²) in [5.41, 5.74) is -2.09. The van der Waals surface area contributed by atoms with Crippen molar-refractivity contribution in [2.24, 2.45) is 70.0 Å². The van der Waals surface area contributed by atoms with E-state index in [4.69, 9.17) is 4.74 Å². The number of allylic oxidation sites excluding steroid dienone is 4. The molecule has 5 rings (SSSR count). The van der Waals surface area contributed by atoms with Crippen molar-refractivity contribution in [3.63, 3.8) is 0 Å². The molecule has 1 saturated heterocycles. The minimum Gasteiger partial charge on any atom is -0.459 e. The van der Waals surface area contributed by atoms with E-state index in [-0.39, 0.29) is 69.9 Å². The molecule has 1 heterocycles. The SMILES string of the molecule is CC[C@H]1[C@H](C)[C@@H](C)[C@](C)(O)C[C@@H](C)CN(CCCCCCNC(=O)C2[C@H](C)CC3C4CCC5=CC(=O)C=CC5(C)C4C(O)CC32C)C(C)C(O)[C@](C)(O)[C@@H](CC)OC(=O)[C@@H]1C. The Balaban J connectivity index is 1.18. The van der Waals surface area contributed by atoms with Crippen LogP contribution in [0.5, 0.6) is 0 Å². The Morgan fingerprint density at radius 2 is 1.61 bits per heavy atom. The van der Waals surface area contributed by atoms with Gasteiger partial charge < -0.3 is 30.5 Å². The van der Waals surface area contributed by atoms with Crippen LogP contribution < -0.4 is 5.32 Å². The number of cyclic esters (lactones) is 1. The topological polar surface area (TPSA) is 157 Å². The molecular weight excluding hydrogens is 769 g/mol. The summed E-state index contributed by atoms with van der Waals surface area (Å²) < 4.78 is 6.03. The number of nitrogens with one attached hydrogen (secondary N) is 1. The molecule has 10 nitrogen and oxygen atoms in total. The maximum absolute atomic E-state index is 14.0. The van der Waals surface area contributed by atoms with Gasteiger partial charge >= 0.3 is 5.97 Å². The van der Waals surface area contributed by atoms with Crippen molar-refractivity contribution < 1.29 is 39.5 Å². The van der Waals surface area contributed by atoms with Gasteiger partial charge in [-0.3, -0.25) is 19.3 Å². The smallest absolute Gasteiger partial charge is 0.309 e. The number of carbonyl (C=O) groups is 3. The zero-order valence-electron chi connectivity index (χ0n) is 40.1. The maximum Gasteiger partial charge on any atom is 0.309 e. The molecule has 0 radical (unpaired) electrons. The molecule has 0 aromatic heterocycles. The van der Waals surface area contributed by atoms with E-state index < -0.39 is 41.5 Å². The third-order valence-electron chi connectivity index (χ3n) is 17.9. The van der Waals surface area contributed by atoms with Gasteiger partial charge in [-0.25, -0.2) is 0 Å². The molecule has 18 atom stereocenters. The average molecular weight is 855 g/mol. The van der Waals surface area contributed by atoms with Crippen LogP contribution in [0.3, 0.4) is 0 Å². The zero-order chi connectivity index (χ0) is 45.4. The van der Waals surface area contributed by atoms with Crippen LogP contribution in [0.1, 0.15) is 154 Å². The summed E-state index contributed by atoms with van der Waals surface area (Å²) in [4.78, 5) is 42.1. The van der Waals surface area contributed by atoms with Crippen LogP contribution in [0, 0.1) is 70.0 Å². The van der Waals surface area contributed by atoms with E-state index in [9.17, 15) is 34.8 Å². The highest BCUT2D eigenvalue weighted by Gasteiger charge is 2.64. The van der Waals surface area contributed by atoms with Crippen LogP contribution in [-0.2, 0) is 19.1 Å². The Morgan fingerprint density at radius 1 is 0.934 bits per heavy atom. The Hall–Kier alpha value is -2.11. The fourth-order valence-corrected chi connectivity index (χ4v) is 14.2. The summed E-state index contributed by atoms with van der Waals surface area (Å²) in [5, 5.41) is 50.7. The second-order valence-electron chi connectivity index (χ2n) is 22.1. The Morgan fingerprint density at radius 3 is 2.26 bits per heavy atom. The number of hydrogen-bond donors (Lipinski definition) is 5. The molecule has 0 spiro atoms. The largest absolute Gasteiger partial charge is 0.459 e. The van der Waals surface area contributed by atoms with Crippen molar-refractivity contribution in [3.05, 3.63) is 23.8 Å². The first-order valence-electron chi connectivity index (χ1n) is 24.4. The third-order valence-corrected chi connectivity index (χ3v) is 17.9. The van der Waals surface area contributed by atoms with E-state index in [1.165, 1.54) is 0 Å². The Labute approximate surface area is 369 Å². The monoisotopic (exact) mass is 855 g/mol. The minimum absolute atomic E-state index is 0.0110. The molecule has 10 heteroatoms. The third kappa shape index (κ3) is 9.94. The number of amides is 1. The zero-order valence-corrected chi connectivity index (χ0v) is 40.1. The van der Waals surface area contributed by atoms with Gasteiger partial charge in [-0.05, 0) is 138 Å². The van der Waals surface area contributed by atoms with Crippen LogP contribution in [-0.4, -0.2) is 98.2 Å². The number of aliphatic hydroxyl groups is 4. The van der Waals surface area contributed by atoms with Crippen molar-refractivity contribution in [1.82, 2.24) is 10.2 Å². The first-order valence-corrected chi connectivity index (χ1v) is 24.4. The van der Waals surface area contributed by atoms with Gasteiger partial charge in [0.25, 0.3) is 0 Å². The van der Waals surface area contributed by atoms with Crippen LogP contribution >= 0.6 is 0 Å². The minimum atomic E-state index is -1.68. The summed E-state index contributed by atoms with van der Waals surface area (Å²) in [6.07, 6.45) is 11.6. The molecule has 5 aliphatic rings. The molecule has 348 valence electrons. The second kappa shape index (κ2) is 19.6. The van der Waals surface area contributed by atoms with Crippen LogP contribution in [0.2, 0.25) is 0 Å². The lowest BCUT2D eigenvalue weighted by molar-refractivity contribution is -0.191. The maximum atomic E-state index is 14.0. The molecule has 5 N–H and O–H groups in total. The van der Waals surface area contributed by atoms with E-state index in [2.05, 4.69) is 58.7 Å². The van der Waals surface area contributed by atoms with Gasteiger partial charge in [-0.1, -0.05) is 93.2 Å². The number of hydrogen-bond acceptors (Lipinski definition) is 9. The molecule has 61 heavy (non-hydrogen) atoms. The molecule has 4 fully saturated rings. The van der Waals surface area contributed by atoms with E-state index in [0.717, 1.165) is 56.9 Å². The highest BCUT2D eigenvalue weighted by molar-refractivity contribution is 6.01. The van der Waals surface area contributed by atoms with Gasteiger partial charge in [-0.15, -0.1) is 0 Å². The Kier molecular flexibility index (Phi) is 16.0. The number of esters is 1. The number of aliphatic hydroxyl groups excluding tert-OH is 2. The van der Waals surface area contributed by atoms with Gasteiger partial charge in [0.2, 0.25) is 5.91 Å². The van der Waals surface area contributed by atoms with Crippen molar-refractivity contribution in [2.75, 3.05) is 19.6 Å². The van der Waals surface area contributed by atoms with E-state index in [1.807, 2.05) is 33.8 Å².